The molecule has 0 aliphatic rings. The zero-order valence-electron chi connectivity index (χ0n) is 18.8. The number of halogens is 3. The van der Waals surface area contributed by atoms with Crippen molar-refractivity contribution in [1.29, 1.82) is 0 Å². The van der Waals surface area contributed by atoms with Gasteiger partial charge in [0, 0.05) is 23.1 Å². The Morgan fingerprint density at radius 1 is 1.12 bits per heavy atom. The highest BCUT2D eigenvalue weighted by Gasteiger charge is 2.31. The zero-order valence-corrected chi connectivity index (χ0v) is 19.7. The van der Waals surface area contributed by atoms with Gasteiger partial charge in [-0.15, -0.1) is 13.2 Å². The van der Waals surface area contributed by atoms with Crippen LogP contribution in [0.3, 0.4) is 0 Å². The van der Waals surface area contributed by atoms with Crippen molar-refractivity contribution in [3.05, 3.63) is 53.2 Å². The van der Waals surface area contributed by atoms with Crippen molar-refractivity contribution in [2.45, 2.75) is 51.3 Å². The first kappa shape index (κ1) is 24.9. The van der Waals surface area contributed by atoms with Crippen molar-refractivity contribution in [3.8, 4) is 11.5 Å². The summed E-state index contributed by atoms with van der Waals surface area (Å²) < 4.78 is 76.0. The van der Waals surface area contributed by atoms with E-state index in [0.29, 0.717) is 23.1 Å². The van der Waals surface area contributed by atoms with Gasteiger partial charge in [0.15, 0.2) is 0 Å². The van der Waals surface area contributed by atoms with E-state index in [1.54, 1.807) is 26.0 Å². The van der Waals surface area contributed by atoms with Gasteiger partial charge in [-0.05, 0) is 67.6 Å². The lowest BCUT2D eigenvalue weighted by Gasteiger charge is -2.15. The molecule has 1 heterocycles. The highest BCUT2D eigenvalue weighted by atomic mass is 32.2. The Balaban J connectivity index is 1.83. The molecule has 0 spiro atoms. The van der Waals surface area contributed by atoms with Gasteiger partial charge in [-0.25, -0.2) is 13.1 Å². The first-order valence-corrected chi connectivity index (χ1v) is 12.0. The molecule has 3 rings (SSSR count). The van der Waals surface area contributed by atoms with Gasteiger partial charge in [0.2, 0.25) is 10.0 Å². The lowest BCUT2D eigenvalue weighted by atomic mass is 10.0. The summed E-state index contributed by atoms with van der Waals surface area (Å²) in [5.74, 6) is 0.0749. The summed E-state index contributed by atoms with van der Waals surface area (Å²) >= 11 is 0. The first-order valence-electron chi connectivity index (χ1n) is 10.5. The van der Waals surface area contributed by atoms with Crippen LogP contribution in [0.4, 0.5) is 13.2 Å². The number of nitrogens with one attached hydrogen (secondary N) is 2. The number of sulfonamides is 1. The predicted octanol–water partition coefficient (Wildman–Crippen LogP) is 5.42. The molecule has 0 fully saturated rings. The molecule has 0 saturated heterocycles. The van der Waals surface area contributed by atoms with Gasteiger partial charge in [-0.2, -0.15) is 0 Å². The third-order valence-electron chi connectivity index (χ3n) is 5.22. The quantitative estimate of drug-likeness (QED) is 0.425. The molecule has 0 radical (unpaired) electrons. The Kier molecular flexibility index (Phi) is 7.28. The van der Waals surface area contributed by atoms with Crippen LogP contribution in [0.5, 0.6) is 11.5 Å². The van der Waals surface area contributed by atoms with E-state index in [1.165, 1.54) is 18.2 Å². The lowest BCUT2D eigenvalue weighted by Crippen LogP contribution is -2.26. The van der Waals surface area contributed by atoms with Gasteiger partial charge in [-0.1, -0.05) is 19.9 Å². The summed E-state index contributed by atoms with van der Waals surface area (Å²) in [6.07, 6.45) is -4.52. The topological polar surface area (TPSA) is 80.4 Å². The molecule has 10 heteroatoms. The van der Waals surface area contributed by atoms with E-state index in [4.69, 9.17) is 4.74 Å². The SMILES string of the molecule is CCOc1ccc(C(C)C)cc1S(=O)(=O)NCCc1c(C)[nH]c2ccc(OC(F)(F)F)cc12. The third-order valence-corrected chi connectivity index (χ3v) is 6.70. The van der Waals surface area contributed by atoms with Gasteiger partial charge in [0.1, 0.15) is 16.4 Å². The van der Waals surface area contributed by atoms with Crippen LogP contribution < -0.4 is 14.2 Å². The van der Waals surface area contributed by atoms with E-state index in [0.717, 1.165) is 11.3 Å². The molecule has 0 bridgehead atoms. The molecule has 0 saturated carbocycles. The van der Waals surface area contributed by atoms with E-state index in [9.17, 15) is 21.6 Å². The largest absolute Gasteiger partial charge is 0.573 e. The smallest absolute Gasteiger partial charge is 0.492 e. The van der Waals surface area contributed by atoms with Gasteiger partial charge in [0.05, 0.1) is 6.61 Å². The number of aromatic amines is 1. The Labute approximate surface area is 191 Å². The Morgan fingerprint density at radius 2 is 1.85 bits per heavy atom. The summed E-state index contributed by atoms with van der Waals surface area (Å²) in [5.41, 5.74) is 2.96. The van der Waals surface area contributed by atoms with Gasteiger partial charge in [0.25, 0.3) is 0 Å². The zero-order chi connectivity index (χ0) is 24.4. The number of hydrogen-bond donors (Lipinski definition) is 2. The van der Waals surface area contributed by atoms with Crippen molar-refractivity contribution >= 4 is 20.9 Å². The van der Waals surface area contributed by atoms with Crippen LogP contribution in [0.15, 0.2) is 41.3 Å². The van der Waals surface area contributed by atoms with Crippen LogP contribution in [0.25, 0.3) is 10.9 Å². The average Bonchev–Trinajstić information content (AvgIpc) is 3.02. The maximum atomic E-state index is 13.0. The van der Waals surface area contributed by atoms with E-state index in [-0.39, 0.29) is 35.3 Å². The highest BCUT2D eigenvalue weighted by molar-refractivity contribution is 7.89. The second kappa shape index (κ2) is 9.64. The molecule has 1 aromatic heterocycles. The first-order chi connectivity index (χ1) is 15.4. The molecular formula is C23H27F3N2O4S. The molecule has 33 heavy (non-hydrogen) atoms. The molecule has 2 N–H and O–H groups in total. The number of hydrogen-bond acceptors (Lipinski definition) is 4. The van der Waals surface area contributed by atoms with E-state index in [1.807, 2.05) is 19.9 Å². The lowest BCUT2D eigenvalue weighted by molar-refractivity contribution is -0.274. The summed E-state index contributed by atoms with van der Waals surface area (Å²) in [6, 6.07) is 9.13. The van der Waals surface area contributed by atoms with Crippen LogP contribution in [0.2, 0.25) is 0 Å². The van der Waals surface area contributed by atoms with Gasteiger partial charge < -0.3 is 14.5 Å². The number of ether oxygens (including phenoxy) is 2. The van der Waals surface area contributed by atoms with Crippen molar-refractivity contribution in [2.75, 3.05) is 13.2 Å². The third kappa shape index (κ3) is 6.00. The van der Waals surface area contributed by atoms with Gasteiger partial charge >= 0.3 is 6.36 Å². The molecule has 0 amide bonds. The minimum Gasteiger partial charge on any atom is -0.492 e. The summed E-state index contributed by atoms with van der Waals surface area (Å²) in [5, 5.41) is 0.547. The molecule has 0 unspecified atom stereocenters. The number of rotatable bonds is 9. The Bertz CT molecular complexity index is 1230. The normalized spacial score (nSPS) is 12.5. The molecule has 6 nitrogen and oxygen atoms in total. The monoisotopic (exact) mass is 484 g/mol. The summed E-state index contributed by atoms with van der Waals surface area (Å²) in [6.45, 7) is 7.87. The molecular weight excluding hydrogens is 457 g/mol. The minimum atomic E-state index is -4.79. The standard InChI is InChI=1S/C23H27F3N2O4S/c1-5-31-21-9-6-16(14(2)3)12-22(21)33(29,30)27-11-10-18-15(4)28-20-8-7-17(13-19(18)20)32-23(24,25)26/h6-9,12-14,27-28H,5,10-11H2,1-4H3. The Morgan fingerprint density at radius 3 is 2.48 bits per heavy atom. The van der Waals surface area contributed by atoms with E-state index in [2.05, 4.69) is 14.4 Å². The molecule has 3 aromatic rings. The second-order valence-electron chi connectivity index (χ2n) is 7.93. The van der Waals surface area contributed by atoms with Crippen LogP contribution in [-0.4, -0.2) is 32.9 Å². The van der Waals surface area contributed by atoms with Gasteiger partial charge in [-0.3, -0.25) is 0 Å². The van der Waals surface area contributed by atoms with Crippen molar-refractivity contribution in [1.82, 2.24) is 9.71 Å². The molecule has 0 atom stereocenters. The van der Waals surface area contributed by atoms with Crippen LogP contribution >= 0.6 is 0 Å². The second-order valence-corrected chi connectivity index (χ2v) is 9.66. The number of H-pyrrole nitrogens is 1. The number of aromatic nitrogens is 1. The van der Waals surface area contributed by atoms with Crippen molar-refractivity contribution in [2.24, 2.45) is 0 Å². The maximum absolute atomic E-state index is 13.0. The minimum absolute atomic E-state index is 0.0535. The summed E-state index contributed by atoms with van der Waals surface area (Å²) in [7, 11) is -3.88. The Hall–Kier alpha value is -2.72. The average molecular weight is 485 g/mol. The van der Waals surface area contributed by atoms with Crippen LogP contribution in [-0.2, 0) is 16.4 Å². The number of aryl methyl sites for hydroxylation is 1. The van der Waals surface area contributed by atoms with Crippen molar-refractivity contribution < 1.29 is 31.1 Å². The fourth-order valence-electron chi connectivity index (χ4n) is 3.64. The molecule has 180 valence electrons. The fourth-order valence-corrected chi connectivity index (χ4v) is 4.85. The maximum Gasteiger partial charge on any atom is 0.573 e. The molecule has 0 aliphatic heterocycles. The predicted molar refractivity (Wildman–Crippen MR) is 120 cm³/mol. The van der Waals surface area contributed by atoms with Crippen LogP contribution in [0.1, 0.15) is 43.5 Å². The number of alkyl halides is 3. The molecule has 0 aliphatic carbocycles. The fraction of sp³-hybridized carbons (Fsp3) is 0.391. The number of benzene rings is 2. The molecule has 2 aromatic carbocycles. The summed E-state index contributed by atoms with van der Waals surface area (Å²) in [4.78, 5) is 3.17. The highest BCUT2D eigenvalue weighted by Crippen LogP contribution is 2.31. The van der Waals surface area contributed by atoms with E-state index < -0.39 is 16.4 Å². The van der Waals surface area contributed by atoms with Crippen LogP contribution in [0, 0.1) is 6.92 Å². The van der Waals surface area contributed by atoms with Crippen molar-refractivity contribution in [3.63, 3.8) is 0 Å². The number of fused-ring (bicyclic) bond motifs is 1. The van der Waals surface area contributed by atoms with E-state index >= 15 is 0 Å².